The standard InChI is InChI=1S/C16H16ClN3O5S/c17-13-3-2-12(26(23,24)20-5-7-25-8-6-20)9-15(13)19-16(22)14-4-1-11(10-21)18-14/h1-4,9-10,18H,5-8H2,(H,19,22). The van der Waals surface area contributed by atoms with Gasteiger partial charge in [0.25, 0.3) is 5.91 Å². The fourth-order valence-electron chi connectivity index (χ4n) is 2.50. The molecule has 1 aromatic heterocycles. The maximum Gasteiger partial charge on any atom is 0.272 e. The average Bonchev–Trinajstić information content (AvgIpc) is 3.13. The number of rotatable bonds is 5. The number of carbonyl (C=O) groups excluding carboxylic acids is 2. The van der Waals surface area contributed by atoms with E-state index in [4.69, 9.17) is 16.3 Å². The Bertz CT molecular complexity index is 935. The Labute approximate surface area is 155 Å². The van der Waals surface area contributed by atoms with Crippen molar-refractivity contribution in [1.29, 1.82) is 0 Å². The number of anilines is 1. The second-order valence-corrected chi connectivity index (χ2v) is 7.90. The van der Waals surface area contributed by atoms with E-state index in [-0.39, 0.29) is 40.1 Å². The normalized spacial score (nSPS) is 15.6. The summed E-state index contributed by atoms with van der Waals surface area (Å²) < 4.78 is 31.9. The Morgan fingerprint density at radius 3 is 2.62 bits per heavy atom. The lowest BCUT2D eigenvalue weighted by Gasteiger charge is -2.26. The van der Waals surface area contributed by atoms with Gasteiger partial charge >= 0.3 is 0 Å². The van der Waals surface area contributed by atoms with Gasteiger partial charge in [0, 0.05) is 13.1 Å². The summed E-state index contributed by atoms with van der Waals surface area (Å²) in [5, 5.41) is 2.75. The molecule has 2 heterocycles. The van der Waals surface area contributed by atoms with E-state index in [1.54, 1.807) is 0 Å². The summed E-state index contributed by atoms with van der Waals surface area (Å²) in [6.07, 6.45) is 0.583. The first kappa shape index (κ1) is 18.6. The first-order valence-corrected chi connectivity index (χ1v) is 9.56. The Kier molecular flexibility index (Phi) is 5.42. The zero-order valence-corrected chi connectivity index (χ0v) is 15.1. The van der Waals surface area contributed by atoms with Gasteiger partial charge in [-0.05, 0) is 30.3 Å². The number of aromatic nitrogens is 1. The zero-order chi connectivity index (χ0) is 18.7. The van der Waals surface area contributed by atoms with E-state index < -0.39 is 15.9 Å². The van der Waals surface area contributed by atoms with Crippen LogP contribution in [0.2, 0.25) is 5.02 Å². The minimum absolute atomic E-state index is 0.0270. The van der Waals surface area contributed by atoms with Crippen LogP contribution in [0, 0.1) is 0 Å². The van der Waals surface area contributed by atoms with E-state index in [2.05, 4.69) is 10.3 Å². The summed E-state index contributed by atoms with van der Waals surface area (Å²) in [7, 11) is -3.71. The Morgan fingerprint density at radius 2 is 1.96 bits per heavy atom. The molecule has 2 N–H and O–H groups in total. The zero-order valence-electron chi connectivity index (χ0n) is 13.6. The number of H-pyrrole nitrogens is 1. The van der Waals surface area contributed by atoms with Crippen LogP contribution in [0.4, 0.5) is 5.69 Å². The van der Waals surface area contributed by atoms with E-state index >= 15 is 0 Å². The van der Waals surface area contributed by atoms with Crippen LogP contribution in [0.5, 0.6) is 0 Å². The van der Waals surface area contributed by atoms with Gasteiger partial charge < -0.3 is 15.0 Å². The number of amides is 1. The third-order valence-electron chi connectivity index (χ3n) is 3.87. The minimum atomic E-state index is -3.71. The summed E-state index contributed by atoms with van der Waals surface area (Å²) in [6, 6.07) is 7.02. The minimum Gasteiger partial charge on any atom is -0.379 e. The number of aldehydes is 1. The van der Waals surface area contributed by atoms with Crippen LogP contribution in [-0.2, 0) is 14.8 Å². The molecule has 10 heteroatoms. The molecule has 0 bridgehead atoms. The molecule has 0 unspecified atom stereocenters. The number of ether oxygens (including phenoxy) is 1. The highest BCUT2D eigenvalue weighted by atomic mass is 35.5. The van der Waals surface area contributed by atoms with Gasteiger partial charge in [-0.15, -0.1) is 0 Å². The quantitative estimate of drug-likeness (QED) is 0.747. The van der Waals surface area contributed by atoms with Crippen molar-refractivity contribution < 1.29 is 22.7 Å². The molecule has 0 saturated carbocycles. The fourth-order valence-corrected chi connectivity index (χ4v) is 4.10. The molecule has 0 spiro atoms. The van der Waals surface area contributed by atoms with Crippen LogP contribution in [0.1, 0.15) is 21.0 Å². The van der Waals surface area contributed by atoms with Gasteiger partial charge in [0.2, 0.25) is 10.0 Å². The molecular weight excluding hydrogens is 382 g/mol. The lowest BCUT2D eigenvalue weighted by molar-refractivity contribution is 0.0730. The van der Waals surface area contributed by atoms with Gasteiger partial charge in [-0.25, -0.2) is 8.42 Å². The van der Waals surface area contributed by atoms with Gasteiger partial charge in [0.15, 0.2) is 6.29 Å². The molecule has 1 aliphatic rings. The lowest BCUT2D eigenvalue weighted by Crippen LogP contribution is -2.40. The number of aromatic amines is 1. The molecule has 1 aromatic carbocycles. The first-order chi connectivity index (χ1) is 12.4. The third-order valence-corrected chi connectivity index (χ3v) is 6.10. The molecule has 1 saturated heterocycles. The van der Waals surface area contributed by atoms with Crippen molar-refractivity contribution in [3.8, 4) is 0 Å². The van der Waals surface area contributed by atoms with Crippen LogP contribution in [-0.4, -0.2) is 56.2 Å². The molecule has 1 fully saturated rings. The molecule has 2 aromatic rings. The molecule has 26 heavy (non-hydrogen) atoms. The summed E-state index contributed by atoms with van der Waals surface area (Å²) in [5.74, 6) is -0.541. The van der Waals surface area contributed by atoms with Gasteiger partial charge in [0.05, 0.1) is 34.5 Å². The van der Waals surface area contributed by atoms with Crippen LogP contribution in [0.15, 0.2) is 35.2 Å². The van der Waals surface area contributed by atoms with Crippen LogP contribution < -0.4 is 5.32 Å². The van der Waals surface area contributed by atoms with E-state index in [0.717, 1.165) is 0 Å². The number of hydrogen-bond donors (Lipinski definition) is 2. The van der Waals surface area contributed by atoms with Crippen molar-refractivity contribution in [2.24, 2.45) is 0 Å². The SMILES string of the molecule is O=Cc1ccc(C(=O)Nc2cc(S(=O)(=O)N3CCOCC3)ccc2Cl)[nH]1. The number of carbonyl (C=O) groups is 2. The smallest absolute Gasteiger partial charge is 0.272 e. The summed E-state index contributed by atoms with van der Waals surface area (Å²) in [6.45, 7) is 1.21. The number of hydrogen-bond acceptors (Lipinski definition) is 5. The molecule has 3 rings (SSSR count). The Hall–Kier alpha value is -2.20. The summed E-state index contributed by atoms with van der Waals surface area (Å²) in [4.78, 5) is 25.6. The van der Waals surface area contributed by atoms with E-state index in [0.29, 0.717) is 19.5 Å². The highest BCUT2D eigenvalue weighted by Crippen LogP contribution is 2.27. The maximum atomic E-state index is 12.7. The van der Waals surface area contributed by atoms with Crippen molar-refractivity contribution in [2.45, 2.75) is 4.90 Å². The molecule has 1 aliphatic heterocycles. The second kappa shape index (κ2) is 7.58. The monoisotopic (exact) mass is 397 g/mol. The summed E-state index contributed by atoms with van der Waals surface area (Å²) in [5.41, 5.74) is 0.572. The number of nitrogens with zero attached hydrogens (tertiary/aromatic N) is 1. The van der Waals surface area contributed by atoms with Crippen molar-refractivity contribution in [3.05, 3.63) is 46.7 Å². The highest BCUT2D eigenvalue weighted by molar-refractivity contribution is 7.89. The molecule has 138 valence electrons. The van der Waals surface area contributed by atoms with Gasteiger partial charge in [0.1, 0.15) is 5.69 Å². The van der Waals surface area contributed by atoms with Gasteiger partial charge in [-0.1, -0.05) is 11.6 Å². The predicted molar refractivity (Wildman–Crippen MR) is 95.2 cm³/mol. The van der Waals surface area contributed by atoms with Gasteiger partial charge in [-0.3, -0.25) is 9.59 Å². The van der Waals surface area contributed by atoms with E-state index in [9.17, 15) is 18.0 Å². The van der Waals surface area contributed by atoms with Crippen LogP contribution >= 0.6 is 11.6 Å². The number of halogens is 1. The number of benzene rings is 1. The predicted octanol–water partition coefficient (Wildman–Crippen LogP) is 1.75. The van der Waals surface area contributed by atoms with Crippen LogP contribution in [0.25, 0.3) is 0 Å². The maximum absolute atomic E-state index is 12.7. The number of morpholine rings is 1. The molecule has 0 aliphatic carbocycles. The van der Waals surface area contributed by atoms with Crippen molar-refractivity contribution in [2.75, 3.05) is 31.6 Å². The van der Waals surface area contributed by atoms with Crippen molar-refractivity contribution in [1.82, 2.24) is 9.29 Å². The molecule has 8 nitrogen and oxygen atoms in total. The highest BCUT2D eigenvalue weighted by Gasteiger charge is 2.27. The molecule has 0 atom stereocenters. The Balaban J connectivity index is 1.85. The number of nitrogens with one attached hydrogen (secondary N) is 2. The Morgan fingerprint density at radius 1 is 1.23 bits per heavy atom. The van der Waals surface area contributed by atoms with Gasteiger partial charge in [-0.2, -0.15) is 4.31 Å². The number of sulfonamides is 1. The topological polar surface area (TPSA) is 109 Å². The van der Waals surface area contributed by atoms with Crippen molar-refractivity contribution >= 4 is 39.5 Å². The first-order valence-electron chi connectivity index (χ1n) is 7.75. The fraction of sp³-hybridized carbons (Fsp3) is 0.250. The lowest BCUT2D eigenvalue weighted by atomic mass is 10.3. The van der Waals surface area contributed by atoms with E-state index in [1.165, 1.54) is 34.6 Å². The molecule has 1 amide bonds. The largest absolute Gasteiger partial charge is 0.379 e. The molecular formula is C16H16ClN3O5S. The average molecular weight is 398 g/mol. The summed E-state index contributed by atoms with van der Waals surface area (Å²) >= 11 is 6.09. The molecule has 0 radical (unpaired) electrons. The second-order valence-electron chi connectivity index (χ2n) is 5.56. The third kappa shape index (κ3) is 3.80. The van der Waals surface area contributed by atoms with Crippen LogP contribution in [0.3, 0.4) is 0 Å². The van der Waals surface area contributed by atoms with E-state index in [1.807, 2.05) is 0 Å². The van der Waals surface area contributed by atoms with Crippen molar-refractivity contribution in [3.63, 3.8) is 0 Å².